The number of esters is 1. The van der Waals surface area contributed by atoms with Crippen LogP contribution in [0.2, 0.25) is 0 Å². The van der Waals surface area contributed by atoms with Crippen molar-refractivity contribution in [1.82, 2.24) is 10.3 Å². The third-order valence-electron chi connectivity index (χ3n) is 3.86. The van der Waals surface area contributed by atoms with E-state index in [1.165, 1.54) is 14.0 Å². The molecule has 0 aliphatic rings. The van der Waals surface area contributed by atoms with E-state index in [4.69, 9.17) is 4.74 Å². The highest BCUT2D eigenvalue weighted by atomic mass is 16.5. The molecule has 1 aromatic heterocycles. The molecule has 6 nitrogen and oxygen atoms in total. The summed E-state index contributed by atoms with van der Waals surface area (Å²) in [5.41, 5.74) is 2.57. The summed E-state index contributed by atoms with van der Waals surface area (Å²) in [5, 5.41) is 2.66. The van der Waals surface area contributed by atoms with Gasteiger partial charge >= 0.3 is 5.97 Å². The number of ether oxygens (including phenoxy) is 1. The zero-order valence-corrected chi connectivity index (χ0v) is 14.1. The summed E-state index contributed by atoms with van der Waals surface area (Å²) >= 11 is 0. The Morgan fingerprint density at radius 3 is 2.25 bits per heavy atom. The van der Waals surface area contributed by atoms with Crippen molar-refractivity contribution < 1.29 is 19.1 Å². The zero-order valence-electron chi connectivity index (χ0n) is 14.1. The van der Waals surface area contributed by atoms with E-state index in [2.05, 4.69) is 10.3 Å². The van der Waals surface area contributed by atoms with Crippen LogP contribution in [0.25, 0.3) is 0 Å². The van der Waals surface area contributed by atoms with Crippen LogP contribution in [0.15, 0.2) is 30.3 Å². The second-order valence-electron chi connectivity index (χ2n) is 5.52. The van der Waals surface area contributed by atoms with Gasteiger partial charge in [0.15, 0.2) is 11.8 Å². The lowest BCUT2D eigenvalue weighted by molar-refractivity contribution is -0.143. The standard InChI is InChI=1S/C18H20N2O4/c1-10-14(12(3)21)11(2)19-15(10)17(22)20-16(18(23)24-4)13-8-6-5-7-9-13/h5-9,16,19H,1-4H3,(H,20,22)/t16-/m1/s1. The number of ketones is 1. The molecular weight excluding hydrogens is 308 g/mol. The van der Waals surface area contributed by atoms with Crippen molar-refractivity contribution in [2.75, 3.05) is 7.11 Å². The summed E-state index contributed by atoms with van der Waals surface area (Å²) in [6.07, 6.45) is 0. The van der Waals surface area contributed by atoms with Gasteiger partial charge in [-0.15, -0.1) is 0 Å². The van der Waals surface area contributed by atoms with Crippen molar-refractivity contribution in [2.24, 2.45) is 0 Å². The lowest BCUT2D eigenvalue weighted by Gasteiger charge is -2.16. The van der Waals surface area contributed by atoms with Crippen molar-refractivity contribution in [3.05, 3.63) is 58.4 Å². The summed E-state index contributed by atoms with van der Waals surface area (Å²) < 4.78 is 4.78. The lowest BCUT2D eigenvalue weighted by atomic mass is 10.1. The van der Waals surface area contributed by atoms with Crippen LogP contribution in [-0.4, -0.2) is 29.8 Å². The summed E-state index contributed by atoms with van der Waals surface area (Å²) in [4.78, 5) is 39.3. The molecule has 1 amide bonds. The Hall–Kier alpha value is -2.89. The molecule has 2 rings (SSSR count). The third kappa shape index (κ3) is 3.37. The van der Waals surface area contributed by atoms with Gasteiger partial charge in [0, 0.05) is 11.3 Å². The number of Topliss-reactive ketones (excluding diaryl/α,β-unsaturated/α-hetero) is 1. The number of aromatic amines is 1. The van der Waals surface area contributed by atoms with Gasteiger partial charge in [-0.25, -0.2) is 4.79 Å². The van der Waals surface area contributed by atoms with E-state index in [1.807, 2.05) is 6.07 Å². The molecule has 0 saturated carbocycles. The fourth-order valence-electron chi connectivity index (χ4n) is 2.75. The number of benzene rings is 1. The minimum atomic E-state index is -0.924. The second kappa shape index (κ2) is 7.12. The molecule has 0 radical (unpaired) electrons. The minimum absolute atomic E-state index is 0.118. The molecule has 0 fully saturated rings. The predicted molar refractivity (Wildman–Crippen MR) is 88.9 cm³/mol. The predicted octanol–water partition coefficient (Wildman–Crippen LogP) is 2.48. The average molecular weight is 328 g/mol. The van der Waals surface area contributed by atoms with E-state index < -0.39 is 17.9 Å². The maximum atomic E-state index is 12.6. The van der Waals surface area contributed by atoms with Gasteiger partial charge in [-0.2, -0.15) is 0 Å². The molecule has 0 unspecified atom stereocenters. The first-order valence-corrected chi connectivity index (χ1v) is 7.50. The Bertz CT molecular complexity index is 778. The second-order valence-corrected chi connectivity index (χ2v) is 5.52. The summed E-state index contributed by atoms with van der Waals surface area (Å²) in [6.45, 7) is 4.88. The molecule has 24 heavy (non-hydrogen) atoms. The summed E-state index contributed by atoms with van der Waals surface area (Å²) in [5.74, 6) is -1.16. The average Bonchev–Trinajstić information content (AvgIpc) is 2.87. The number of methoxy groups -OCH3 is 1. The third-order valence-corrected chi connectivity index (χ3v) is 3.86. The van der Waals surface area contributed by atoms with Crippen molar-refractivity contribution >= 4 is 17.7 Å². The quantitative estimate of drug-likeness (QED) is 0.652. The van der Waals surface area contributed by atoms with Crippen molar-refractivity contribution in [1.29, 1.82) is 0 Å². The Kier molecular flexibility index (Phi) is 5.18. The van der Waals surface area contributed by atoms with Crippen LogP contribution in [0.5, 0.6) is 0 Å². The molecule has 0 bridgehead atoms. The SMILES string of the molecule is COC(=O)[C@H](NC(=O)c1[nH]c(C)c(C(C)=O)c1C)c1ccccc1. The van der Waals surface area contributed by atoms with E-state index in [0.717, 1.165) is 0 Å². The summed E-state index contributed by atoms with van der Waals surface area (Å²) in [7, 11) is 1.27. The number of carbonyl (C=O) groups is 3. The van der Waals surface area contributed by atoms with Gasteiger partial charge in [-0.05, 0) is 31.9 Å². The first-order valence-electron chi connectivity index (χ1n) is 7.50. The molecule has 0 aliphatic heterocycles. The number of aromatic nitrogens is 1. The number of aryl methyl sites for hydroxylation is 1. The molecule has 0 aliphatic carbocycles. The van der Waals surface area contributed by atoms with Gasteiger partial charge in [0.1, 0.15) is 5.69 Å². The number of amides is 1. The number of rotatable bonds is 5. The first kappa shape index (κ1) is 17.5. The Morgan fingerprint density at radius 2 is 1.75 bits per heavy atom. The van der Waals surface area contributed by atoms with Crippen molar-refractivity contribution in [3.8, 4) is 0 Å². The van der Waals surface area contributed by atoms with Gasteiger partial charge in [0.2, 0.25) is 0 Å². The van der Waals surface area contributed by atoms with Gasteiger partial charge in [0.05, 0.1) is 7.11 Å². The molecular formula is C18H20N2O4. The van der Waals surface area contributed by atoms with E-state index in [1.54, 1.807) is 38.1 Å². The molecule has 1 aromatic carbocycles. The monoisotopic (exact) mass is 328 g/mol. The zero-order chi connectivity index (χ0) is 17.9. The molecule has 0 saturated heterocycles. The van der Waals surface area contributed by atoms with Crippen molar-refractivity contribution in [3.63, 3.8) is 0 Å². The number of H-pyrrole nitrogens is 1. The normalized spacial score (nSPS) is 11.7. The van der Waals surface area contributed by atoms with E-state index in [-0.39, 0.29) is 11.5 Å². The smallest absolute Gasteiger partial charge is 0.333 e. The molecule has 1 heterocycles. The number of nitrogens with one attached hydrogen (secondary N) is 2. The molecule has 2 N–H and O–H groups in total. The van der Waals surface area contributed by atoms with Crippen LogP contribution >= 0.6 is 0 Å². The van der Waals surface area contributed by atoms with Crippen LogP contribution in [-0.2, 0) is 9.53 Å². The maximum absolute atomic E-state index is 12.6. The molecule has 2 aromatic rings. The molecule has 6 heteroatoms. The number of hydrogen-bond acceptors (Lipinski definition) is 4. The Labute approximate surface area is 140 Å². The molecule has 126 valence electrons. The van der Waals surface area contributed by atoms with Gasteiger partial charge in [0.25, 0.3) is 5.91 Å². The largest absolute Gasteiger partial charge is 0.467 e. The van der Waals surface area contributed by atoms with Gasteiger partial charge in [-0.3, -0.25) is 9.59 Å². The number of carbonyl (C=O) groups excluding carboxylic acids is 3. The molecule has 0 spiro atoms. The van der Waals surface area contributed by atoms with Crippen LogP contribution in [0, 0.1) is 13.8 Å². The van der Waals surface area contributed by atoms with Crippen LogP contribution in [0.1, 0.15) is 50.6 Å². The Morgan fingerprint density at radius 1 is 1.12 bits per heavy atom. The fraction of sp³-hybridized carbons (Fsp3) is 0.278. The van der Waals surface area contributed by atoms with Gasteiger partial charge in [-0.1, -0.05) is 30.3 Å². The van der Waals surface area contributed by atoms with Crippen LogP contribution in [0.4, 0.5) is 0 Å². The number of hydrogen-bond donors (Lipinski definition) is 2. The van der Waals surface area contributed by atoms with Crippen LogP contribution < -0.4 is 5.32 Å². The highest BCUT2D eigenvalue weighted by Crippen LogP contribution is 2.20. The fourth-order valence-corrected chi connectivity index (χ4v) is 2.75. The van der Waals surface area contributed by atoms with Gasteiger partial charge < -0.3 is 15.0 Å². The highest BCUT2D eigenvalue weighted by Gasteiger charge is 2.26. The van der Waals surface area contributed by atoms with E-state index in [9.17, 15) is 14.4 Å². The van der Waals surface area contributed by atoms with Crippen molar-refractivity contribution in [2.45, 2.75) is 26.8 Å². The lowest BCUT2D eigenvalue weighted by Crippen LogP contribution is -2.35. The topological polar surface area (TPSA) is 88.3 Å². The highest BCUT2D eigenvalue weighted by molar-refractivity contribution is 6.03. The Balaban J connectivity index is 2.34. The minimum Gasteiger partial charge on any atom is -0.467 e. The molecule has 1 atom stereocenters. The summed E-state index contributed by atoms with van der Waals surface area (Å²) in [6, 6.07) is 7.90. The van der Waals surface area contributed by atoms with E-state index >= 15 is 0 Å². The van der Waals surface area contributed by atoms with Crippen LogP contribution in [0.3, 0.4) is 0 Å². The van der Waals surface area contributed by atoms with E-state index in [0.29, 0.717) is 22.4 Å². The maximum Gasteiger partial charge on any atom is 0.333 e. The first-order chi connectivity index (χ1) is 11.4.